The highest BCUT2D eigenvalue weighted by Crippen LogP contribution is 2.34. The van der Waals surface area contributed by atoms with E-state index in [0.29, 0.717) is 32.8 Å². The first-order valence-electron chi connectivity index (χ1n) is 11.3. The Morgan fingerprint density at radius 2 is 1.94 bits per heavy atom. The zero-order chi connectivity index (χ0) is 24.8. The Labute approximate surface area is 209 Å². The van der Waals surface area contributed by atoms with Gasteiger partial charge in [0.2, 0.25) is 0 Å². The summed E-state index contributed by atoms with van der Waals surface area (Å²) in [6, 6.07) is 3.88. The van der Waals surface area contributed by atoms with Gasteiger partial charge in [0.15, 0.2) is 0 Å². The summed E-state index contributed by atoms with van der Waals surface area (Å²) >= 11 is 6.57. The van der Waals surface area contributed by atoms with Crippen LogP contribution in [0, 0.1) is 6.92 Å². The van der Waals surface area contributed by atoms with Crippen molar-refractivity contribution >= 4 is 51.7 Å². The molecule has 0 unspecified atom stereocenters. The molecule has 0 saturated carbocycles. The molecule has 2 saturated heterocycles. The van der Waals surface area contributed by atoms with Crippen LogP contribution in [0.15, 0.2) is 40.7 Å². The minimum atomic E-state index is -0.224. The van der Waals surface area contributed by atoms with Crippen molar-refractivity contribution in [2.75, 3.05) is 11.9 Å². The second kappa shape index (κ2) is 8.94. The standard InChI is InChI=1S/C25H31N5O2S2/c1-7-10-29-22(32)18(34-23(29)33)11-17-20(26-16-12-24(3,4)28-25(5,6)13-16)27-19-9-8-15(2)14-30(19)21(17)31/h7-9,11,14,16,26,28H,1,10,12-13H2,2-6H3/b18-11+. The van der Waals surface area contributed by atoms with E-state index in [1.807, 2.05) is 19.1 Å². The van der Waals surface area contributed by atoms with E-state index < -0.39 is 0 Å². The Kier molecular flexibility index (Phi) is 6.48. The number of anilines is 1. The normalized spacial score (nSPS) is 21.4. The molecule has 0 atom stereocenters. The second-order valence-electron chi connectivity index (χ2n) is 10.3. The third kappa shape index (κ3) is 4.96. The van der Waals surface area contributed by atoms with Crippen molar-refractivity contribution < 1.29 is 4.79 Å². The van der Waals surface area contributed by atoms with Crippen LogP contribution in [0.1, 0.15) is 51.7 Å². The quantitative estimate of drug-likeness (QED) is 0.366. The van der Waals surface area contributed by atoms with Gasteiger partial charge in [-0.2, -0.15) is 0 Å². The molecule has 2 N–H and O–H groups in total. The van der Waals surface area contributed by atoms with E-state index in [4.69, 9.17) is 17.2 Å². The van der Waals surface area contributed by atoms with Crippen molar-refractivity contribution in [1.29, 1.82) is 0 Å². The number of aryl methyl sites for hydroxylation is 1. The van der Waals surface area contributed by atoms with Gasteiger partial charge in [-0.15, -0.1) is 6.58 Å². The Balaban J connectivity index is 1.82. The number of carbonyl (C=O) groups excluding carboxylic acids is 1. The molecule has 0 aromatic carbocycles. The van der Waals surface area contributed by atoms with E-state index in [1.54, 1.807) is 18.3 Å². The Morgan fingerprint density at radius 1 is 1.26 bits per heavy atom. The lowest BCUT2D eigenvalue weighted by Crippen LogP contribution is -2.60. The van der Waals surface area contributed by atoms with Crippen LogP contribution in [0.3, 0.4) is 0 Å². The van der Waals surface area contributed by atoms with Crippen LogP contribution in [-0.2, 0) is 4.79 Å². The molecule has 180 valence electrons. The number of aromatic nitrogens is 2. The predicted molar refractivity (Wildman–Crippen MR) is 144 cm³/mol. The molecule has 0 bridgehead atoms. The van der Waals surface area contributed by atoms with Crippen molar-refractivity contribution in [3.8, 4) is 0 Å². The van der Waals surface area contributed by atoms with Crippen molar-refractivity contribution in [3.63, 3.8) is 0 Å². The number of amides is 1. The molecule has 2 aliphatic rings. The highest BCUT2D eigenvalue weighted by atomic mass is 32.2. The average Bonchev–Trinajstić information content (AvgIpc) is 2.97. The lowest BCUT2D eigenvalue weighted by Gasteiger charge is -2.46. The summed E-state index contributed by atoms with van der Waals surface area (Å²) < 4.78 is 1.99. The first-order chi connectivity index (χ1) is 15.9. The second-order valence-corrected chi connectivity index (χ2v) is 12.0. The molecule has 4 rings (SSSR count). The number of pyridine rings is 1. The fourth-order valence-corrected chi connectivity index (χ4v) is 6.29. The number of nitrogens with zero attached hydrogens (tertiary/aromatic N) is 3. The zero-order valence-corrected chi connectivity index (χ0v) is 21.9. The lowest BCUT2D eigenvalue weighted by atomic mass is 9.79. The molecule has 0 radical (unpaired) electrons. The number of thioether (sulfide) groups is 1. The molecule has 0 aliphatic carbocycles. The topological polar surface area (TPSA) is 78.7 Å². The van der Waals surface area contributed by atoms with Gasteiger partial charge in [-0.05, 0) is 65.2 Å². The van der Waals surface area contributed by atoms with Gasteiger partial charge in [0.05, 0.1) is 10.5 Å². The Bertz CT molecular complexity index is 1260. The maximum absolute atomic E-state index is 13.6. The molecule has 2 aliphatic heterocycles. The summed E-state index contributed by atoms with van der Waals surface area (Å²) in [4.78, 5) is 33.3. The SMILES string of the molecule is C=CCN1C(=O)/C(=C\c2c(NC3CC(C)(C)NC(C)(C)C3)nc3ccc(C)cn3c2=O)SC1=S. The monoisotopic (exact) mass is 497 g/mol. The number of thiocarbonyl (C=S) groups is 1. The molecule has 7 nitrogen and oxygen atoms in total. The maximum atomic E-state index is 13.6. The third-order valence-electron chi connectivity index (χ3n) is 6.00. The lowest BCUT2D eigenvalue weighted by molar-refractivity contribution is -0.121. The van der Waals surface area contributed by atoms with Gasteiger partial charge in [-0.1, -0.05) is 36.1 Å². The molecule has 0 spiro atoms. The number of hydrogen-bond donors (Lipinski definition) is 2. The van der Waals surface area contributed by atoms with Crippen LogP contribution in [-0.4, -0.2) is 48.2 Å². The largest absolute Gasteiger partial charge is 0.366 e. The minimum Gasteiger partial charge on any atom is -0.366 e. The number of nitrogens with one attached hydrogen (secondary N) is 2. The average molecular weight is 498 g/mol. The van der Waals surface area contributed by atoms with Gasteiger partial charge in [-0.3, -0.25) is 18.9 Å². The van der Waals surface area contributed by atoms with Gasteiger partial charge in [0.25, 0.3) is 11.5 Å². The van der Waals surface area contributed by atoms with E-state index in [2.05, 4.69) is 44.9 Å². The van der Waals surface area contributed by atoms with E-state index in [9.17, 15) is 9.59 Å². The van der Waals surface area contributed by atoms with Gasteiger partial charge < -0.3 is 10.6 Å². The van der Waals surface area contributed by atoms with Crippen LogP contribution < -0.4 is 16.2 Å². The van der Waals surface area contributed by atoms with Crippen LogP contribution in [0.4, 0.5) is 5.82 Å². The number of carbonyl (C=O) groups is 1. The number of fused-ring (bicyclic) bond motifs is 1. The number of hydrogen-bond acceptors (Lipinski definition) is 7. The molecule has 2 aromatic heterocycles. The van der Waals surface area contributed by atoms with E-state index in [1.165, 1.54) is 21.1 Å². The maximum Gasteiger partial charge on any atom is 0.267 e. The highest BCUT2D eigenvalue weighted by molar-refractivity contribution is 8.26. The molecule has 1 amide bonds. The van der Waals surface area contributed by atoms with Crippen molar-refractivity contribution in [1.82, 2.24) is 19.6 Å². The predicted octanol–water partition coefficient (Wildman–Crippen LogP) is 4.11. The summed E-state index contributed by atoms with van der Waals surface area (Å²) in [6.45, 7) is 14.7. The first kappa shape index (κ1) is 24.6. The van der Waals surface area contributed by atoms with Crippen LogP contribution >= 0.6 is 24.0 Å². The molecule has 2 aromatic rings. The Morgan fingerprint density at radius 3 is 2.59 bits per heavy atom. The molecular formula is C25H31N5O2S2. The van der Waals surface area contributed by atoms with E-state index in [0.717, 1.165) is 18.4 Å². The minimum absolute atomic E-state index is 0.0737. The summed E-state index contributed by atoms with van der Waals surface area (Å²) in [5.74, 6) is 0.264. The fraction of sp³-hybridized carbons (Fsp3) is 0.440. The van der Waals surface area contributed by atoms with Crippen LogP contribution in [0.25, 0.3) is 11.7 Å². The third-order valence-corrected chi connectivity index (χ3v) is 7.38. The van der Waals surface area contributed by atoms with Gasteiger partial charge in [0, 0.05) is 29.9 Å². The number of rotatable bonds is 5. The molecule has 4 heterocycles. The van der Waals surface area contributed by atoms with Crippen molar-refractivity contribution in [2.24, 2.45) is 0 Å². The van der Waals surface area contributed by atoms with Gasteiger partial charge in [-0.25, -0.2) is 4.98 Å². The first-order valence-corrected chi connectivity index (χ1v) is 12.6. The summed E-state index contributed by atoms with van der Waals surface area (Å²) in [5.41, 5.74) is 1.49. The van der Waals surface area contributed by atoms with Gasteiger partial charge >= 0.3 is 0 Å². The van der Waals surface area contributed by atoms with E-state index >= 15 is 0 Å². The molecular weight excluding hydrogens is 466 g/mol. The smallest absolute Gasteiger partial charge is 0.267 e. The number of piperidine rings is 1. The Hall–Kier alpha value is -2.49. The molecule has 34 heavy (non-hydrogen) atoms. The molecule has 2 fully saturated rings. The fourth-order valence-electron chi connectivity index (χ4n) is 5.03. The molecule has 9 heteroatoms. The van der Waals surface area contributed by atoms with Crippen LogP contribution in [0.2, 0.25) is 0 Å². The highest BCUT2D eigenvalue weighted by Gasteiger charge is 2.38. The summed E-state index contributed by atoms with van der Waals surface area (Å²) in [6.07, 6.45) is 6.77. The van der Waals surface area contributed by atoms with Crippen molar-refractivity contribution in [3.05, 3.63) is 57.4 Å². The van der Waals surface area contributed by atoms with Crippen molar-refractivity contribution in [2.45, 2.75) is 64.6 Å². The summed E-state index contributed by atoms with van der Waals surface area (Å²) in [5, 5.41) is 7.23. The van der Waals surface area contributed by atoms with Gasteiger partial charge in [0.1, 0.15) is 15.8 Å². The zero-order valence-electron chi connectivity index (χ0n) is 20.3. The van der Waals surface area contributed by atoms with E-state index in [-0.39, 0.29) is 28.6 Å². The summed E-state index contributed by atoms with van der Waals surface area (Å²) in [7, 11) is 0. The van der Waals surface area contributed by atoms with Crippen LogP contribution in [0.5, 0.6) is 0 Å².